The molecule has 32 heavy (non-hydrogen) atoms. The smallest absolute Gasteiger partial charge is 0.407 e. The van der Waals surface area contributed by atoms with Crippen molar-refractivity contribution in [2.75, 3.05) is 32.7 Å². The molecule has 172 valence electrons. The maximum atomic E-state index is 14.1. The van der Waals surface area contributed by atoms with Gasteiger partial charge in [0.2, 0.25) is 5.91 Å². The van der Waals surface area contributed by atoms with Gasteiger partial charge in [-0.25, -0.2) is 9.18 Å². The van der Waals surface area contributed by atoms with Crippen molar-refractivity contribution in [3.63, 3.8) is 0 Å². The normalized spacial score (nSPS) is 10.8. The molecule has 0 bridgehead atoms. The van der Waals surface area contributed by atoms with Crippen LogP contribution in [0.4, 0.5) is 9.18 Å². The van der Waals surface area contributed by atoms with Crippen LogP contribution in [-0.2, 0) is 11.3 Å². The predicted molar refractivity (Wildman–Crippen MR) is 121 cm³/mol. The zero-order valence-corrected chi connectivity index (χ0v) is 18.9. The van der Waals surface area contributed by atoms with Crippen molar-refractivity contribution in [1.82, 2.24) is 15.1 Å². The number of hydrogen-bond acceptors (Lipinski definition) is 4. The van der Waals surface area contributed by atoms with E-state index in [1.807, 2.05) is 13.8 Å². The molecule has 0 atom stereocenters. The van der Waals surface area contributed by atoms with Crippen molar-refractivity contribution in [1.29, 1.82) is 0 Å². The second kappa shape index (κ2) is 12.2. The number of rotatable bonds is 11. The van der Waals surface area contributed by atoms with Crippen LogP contribution in [-0.4, -0.2) is 65.4 Å². The minimum absolute atomic E-state index is 0.0327. The van der Waals surface area contributed by atoms with Crippen molar-refractivity contribution in [2.24, 2.45) is 0 Å². The van der Waals surface area contributed by atoms with Gasteiger partial charge in [-0.3, -0.25) is 14.5 Å². The number of ketones is 1. The van der Waals surface area contributed by atoms with Crippen LogP contribution in [0.2, 0.25) is 5.02 Å². The van der Waals surface area contributed by atoms with Gasteiger partial charge in [0.25, 0.3) is 0 Å². The van der Waals surface area contributed by atoms with E-state index < -0.39 is 23.6 Å². The lowest BCUT2D eigenvalue weighted by molar-refractivity contribution is -0.122. The lowest BCUT2D eigenvalue weighted by Gasteiger charge is -2.24. The Balaban J connectivity index is 2.08. The van der Waals surface area contributed by atoms with Crippen LogP contribution in [0.1, 0.15) is 35.3 Å². The number of halogens is 2. The van der Waals surface area contributed by atoms with Gasteiger partial charge in [-0.05, 0) is 42.9 Å². The summed E-state index contributed by atoms with van der Waals surface area (Å²) in [4.78, 5) is 39.8. The van der Waals surface area contributed by atoms with E-state index >= 15 is 0 Å². The fourth-order valence-electron chi connectivity index (χ4n) is 3.17. The number of amides is 2. The highest BCUT2D eigenvalue weighted by molar-refractivity contribution is 6.31. The van der Waals surface area contributed by atoms with E-state index in [4.69, 9.17) is 11.6 Å². The highest BCUT2D eigenvalue weighted by Gasteiger charge is 2.20. The van der Waals surface area contributed by atoms with E-state index in [0.29, 0.717) is 17.1 Å². The van der Waals surface area contributed by atoms with E-state index in [9.17, 15) is 23.9 Å². The minimum Gasteiger partial charge on any atom is -0.465 e. The second-order valence-corrected chi connectivity index (χ2v) is 7.55. The molecule has 0 aliphatic carbocycles. The van der Waals surface area contributed by atoms with Crippen LogP contribution in [0.3, 0.4) is 0 Å². The standard InChI is InChI=1S/C23H27ClFN3O4/c1-3-27(4-2)11-12-28(23(31)32)15-21(29)26-14-16-9-10-17(24)13-19(16)22(30)18-7-5-6-8-20(18)25/h5-10,13H,3-4,11-12,14-15H2,1-2H3,(H,26,29)(H,31,32). The van der Waals surface area contributed by atoms with Crippen molar-refractivity contribution in [2.45, 2.75) is 20.4 Å². The Morgan fingerprint density at radius 3 is 2.34 bits per heavy atom. The Morgan fingerprint density at radius 2 is 1.72 bits per heavy atom. The number of hydrogen-bond donors (Lipinski definition) is 2. The highest BCUT2D eigenvalue weighted by Crippen LogP contribution is 2.21. The molecule has 0 aromatic heterocycles. The largest absolute Gasteiger partial charge is 0.465 e. The van der Waals surface area contributed by atoms with E-state index in [0.717, 1.165) is 18.0 Å². The Morgan fingerprint density at radius 1 is 1.03 bits per heavy atom. The molecule has 0 aliphatic rings. The van der Waals surface area contributed by atoms with Crippen LogP contribution >= 0.6 is 11.6 Å². The molecule has 0 saturated heterocycles. The number of likely N-dealkylation sites (N-methyl/N-ethyl adjacent to an activating group) is 1. The monoisotopic (exact) mass is 463 g/mol. The fourth-order valence-corrected chi connectivity index (χ4v) is 3.34. The van der Waals surface area contributed by atoms with Crippen LogP contribution in [0.5, 0.6) is 0 Å². The number of carboxylic acid groups (broad SMARTS) is 1. The first-order chi connectivity index (χ1) is 15.3. The quantitative estimate of drug-likeness (QED) is 0.496. The Hall–Kier alpha value is -2.97. The summed E-state index contributed by atoms with van der Waals surface area (Å²) in [6.45, 7) is 5.88. The van der Waals surface area contributed by atoms with Crippen LogP contribution in [0.25, 0.3) is 0 Å². The van der Waals surface area contributed by atoms with E-state index in [1.54, 1.807) is 18.2 Å². The van der Waals surface area contributed by atoms with Gasteiger partial charge in [0.15, 0.2) is 5.78 Å². The molecule has 0 fully saturated rings. The summed E-state index contributed by atoms with van der Waals surface area (Å²) in [7, 11) is 0. The summed E-state index contributed by atoms with van der Waals surface area (Å²) in [5, 5.41) is 12.3. The number of carbonyl (C=O) groups excluding carboxylic acids is 2. The number of nitrogens with zero attached hydrogens (tertiary/aromatic N) is 2. The maximum absolute atomic E-state index is 14.1. The molecule has 0 saturated carbocycles. The van der Waals surface area contributed by atoms with Gasteiger partial charge < -0.3 is 15.3 Å². The molecule has 0 spiro atoms. The molecule has 9 heteroatoms. The van der Waals surface area contributed by atoms with Gasteiger partial charge in [-0.1, -0.05) is 43.6 Å². The third-order valence-electron chi connectivity index (χ3n) is 5.10. The van der Waals surface area contributed by atoms with Crippen molar-refractivity contribution >= 4 is 29.4 Å². The zero-order chi connectivity index (χ0) is 23.7. The highest BCUT2D eigenvalue weighted by atomic mass is 35.5. The van der Waals surface area contributed by atoms with E-state index in [2.05, 4.69) is 10.2 Å². The first-order valence-electron chi connectivity index (χ1n) is 10.3. The lowest BCUT2D eigenvalue weighted by atomic mass is 9.98. The molecule has 2 aromatic carbocycles. The summed E-state index contributed by atoms with van der Waals surface area (Å²) < 4.78 is 14.1. The van der Waals surface area contributed by atoms with Gasteiger partial charge in [-0.15, -0.1) is 0 Å². The van der Waals surface area contributed by atoms with Crippen LogP contribution in [0, 0.1) is 5.82 Å². The number of benzene rings is 2. The molecule has 2 N–H and O–H groups in total. The van der Waals surface area contributed by atoms with E-state index in [1.165, 1.54) is 24.3 Å². The minimum atomic E-state index is -1.19. The molecule has 2 rings (SSSR count). The topological polar surface area (TPSA) is 90.0 Å². The van der Waals surface area contributed by atoms with Gasteiger partial charge in [0.1, 0.15) is 12.4 Å². The molecule has 0 radical (unpaired) electrons. The SMILES string of the molecule is CCN(CC)CCN(CC(=O)NCc1ccc(Cl)cc1C(=O)c1ccccc1F)C(=O)O. The van der Waals surface area contributed by atoms with Gasteiger partial charge >= 0.3 is 6.09 Å². The summed E-state index contributed by atoms with van der Waals surface area (Å²) in [5.74, 6) is -1.72. The molecule has 0 unspecified atom stereocenters. The van der Waals surface area contributed by atoms with Crippen LogP contribution < -0.4 is 5.32 Å². The zero-order valence-electron chi connectivity index (χ0n) is 18.1. The van der Waals surface area contributed by atoms with Gasteiger partial charge in [0, 0.05) is 30.2 Å². The molecule has 7 nitrogen and oxygen atoms in total. The first-order valence-corrected chi connectivity index (χ1v) is 10.7. The molecule has 2 amide bonds. The van der Waals surface area contributed by atoms with Gasteiger partial charge in [-0.2, -0.15) is 0 Å². The maximum Gasteiger partial charge on any atom is 0.407 e. The Bertz CT molecular complexity index is 966. The average molecular weight is 464 g/mol. The predicted octanol–water partition coefficient (Wildman–Crippen LogP) is 3.65. The second-order valence-electron chi connectivity index (χ2n) is 7.12. The Labute approximate surface area is 191 Å². The number of nitrogens with one attached hydrogen (secondary N) is 1. The summed E-state index contributed by atoms with van der Waals surface area (Å²) >= 11 is 6.03. The third kappa shape index (κ3) is 7.03. The van der Waals surface area contributed by atoms with Gasteiger partial charge in [0.05, 0.1) is 5.56 Å². The number of carbonyl (C=O) groups is 3. The van der Waals surface area contributed by atoms with Crippen molar-refractivity contribution < 1.29 is 23.9 Å². The lowest BCUT2D eigenvalue weighted by Crippen LogP contribution is -2.43. The average Bonchev–Trinajstić information content (AvgIpc) is 2.77. The summed E-state index contributed by atoms with van der Waals surface area (Å²) in [5.41, 5.74) is 0.511. The summed E-state index contributed by atoms with van der Waals surface area (Å²) in [6, 6.07) is 10.2. The Kier molecular flexibility index (Phi) is 9.61. The molecule has 0 aliphatic heterocycles. The van der Waals surface area contributed by atoms with Crippen molar-refractivity contribution in [3.8, 4) is 0 Å². The molecular formula is C23H27ClFN3O4. The molecular weight excluding hydrogens is 437 g/mol. The van der Waals surface area contributed by atoms with Crippen molar-refractivity contribution in [3.05, 3.63) is 70.0 Å². The first kappa shape index (κ1) is 25.3. The van der Waals surface area contributed by atoms with Crippen LogP contribution in [0.15, 0.2) is 42.5 Å². The summed E-state index contributed by atoms with van der Waals surface area (Å²) in [6.07, 6.45) is -1.19. The molecule has 0 heterocycles. The van der Waals surface area contributed by atoms with E-state index in [-0.39, 0.29) is 30.8 Å². The third-order valence-corrected chi connectivity index (χ3v) is 5.33. The fraction of sp³-hybridized carbons (Fsp3) is 0.348. The molecule has 2 aromatic rings.